The van der Waals surface area contributed by atoms with Gasteiger partial charge in [0.05, 0.1) is 5.57 Å². The molecule has 1 unspecified atom stereocenters. The van der Waals surface area contributed by atoms with Crippen LogP contribution in [0.15, 0.2) is 41.7 Å². The molecule has 4 heteroatoms. The van der Waals surface area contributed by atoms with Crippen molar-refractivity contribution in [2.75, 3.05) is 0 Å². The lowest BCUT2D eigenvalue weighted by Gasteiger charge is -2.11. The van der Waals surface area contributed by atoms with Crippen LogP contribution in [0.5, 0.6) is 0 Å². The summed E-state index contributed by atoms with van der Waals surface area (Å²) in [7, 11) is 0. The van der Waals surface area contributed by atoms with Gasteiger partial charge in [0.25, 0.3) is 0 Å². The summed E-state index contributed by atoms with van der Waals surface area (Å²) in [4.78, 5) is 21.2. The summed E-state index contributed by atoms with van der Waals surface area (Å²) in [6, 6.07) is 0. The Kier molecular flexibility index (Phi) is 2.70. The average molecular weight is 192 g/mol. The Morgan fingerprint density at radius 3 is 2.50 bits per heavy atom. The summed E-state index contributed by atoms with van der Waals surface area (Å²) >= 11 is 0. The van der Waals surface area contributed by atoms with E-state index in [0.717, 1.165) is 0 Å². The molecular weight excluding hydrogens is 184 g/mol. The van der Waals surface area contributed by atoms with Crippen molar-refractivity contribution in [2.45, 2.75) is 0 Å². The van der Waals surface area contributed by atoms with Crippen molar-refractivity contribution in [3.05, 3.63) is 41.7 Å². The first kappa shape index (κ1) is 10.0. The highest BCUT2D eigenvalue weighted by molar-refractivity contribution is 5.92. The van der Waals surface area contributed by atoms with Gasteiger partial charge in [0.2, 0.25) is 0 Å². The molecule has 0 radical (unpaired) electrons. The molecule has 0 aromatic carbocycles. The maximum Gasteiger partial charge on any atom is 0.335 e. The molecule has 1 atom stereocenters. The zero-order chi connectivity index (χ0) is 10.7. The molecule has 0 heterocycles. The molecule has 0 aromatic rings. The highest BCUT2D eigenvalue weighted by Crippen LogP contribution is 2.21. The van der Waals surface area contributed by atoms with Gasteiger partial charge in [0.15, 0.2) is 0 Å². The zero-order valence-electron chi connectivity index (χ0n) is 7.23. The first-order valence-electron chi connectivity index (χ1n) is 3.82. The van der Waals surface area contributed by atoms with Gasteiger partial charge < -0.3 is 10.2 Å². The molecule has 0 fully saturated rings. The predicted molar refractivity (Wildman–Crippen MR) is 48.6 cm³/mol. The minimum Gasteiger partial charge on any atom is -0.481 e. The number of carboxylic acids is 2. The maximum absolute atomic E-state index is 10.7. The van der Waals surface area contributed by atoms with Crippen LogP contribution in [0.1, 0.15) is 0 Å². The van der Waals surface area contributed by atoms with E-state index in [1.54, 1.807) is 0 Å². The topological polar surface area (TPSA) is 74.6 Å². The van der Waals surface area contributed by atoms with E-state index in [4.69, 9.17) is 10.2 Å². The Balaban J connectivity index is 3.09. The van der Waals surface area contributed by atoms with E-state index in [0.29, 0.717) is 0 Å². The molecule has 2 N–H and O–H groups in total. The van der Waals surface area contributed by atoms with Crippen molar-refractivity contribution in [2.24, 2.45) is 5.92 Å². The molecule has 0 saturated carbocycles. The van der Waals surface area contributed by atoms with E-state index < -0.39 is 17.9 Å². The lowest BCUT2D eigenvalue weighted by atomic mass is 9.92. The fourth-order valence-corrected chi connectivity index (χ4v) is 1.12. The Labute approximate surface area is 80.2 Å². The van der Waals surface area contributed by atoms with E-state index in [-0.39, 0.29) is 11.1 Å². The Morgan fingerprint density at radius 2 is 2.07 bits per heavy atom. The SMILES string of the molecule is C=C=C1C=C(C(=O)O)C=CC1C(=O)O. The molecule has 0 spiro atoms. The number of hydrogen-bond donors (Lipinski definition) is 2. The summed E-state index contributed by atoms with van der Waals surface area (Å²) in [5.74, 6) is -3.00. The predicted octanol–water partition coefficient (Wildman–Crippen LogP) is 0.979. The van der Waals surface area contributed by atoms with Crippen LogP contribution in [0, 0.1) is 5.92 Å². The standard InChI is InChI=1S/C10H8O4/c1-2-6-5-7(9(11)12)3-4-8(6)10(13)14/h3-5,8H,1H2,(H,11,12)(H,13,14). The highest BCUT2D eigenvalue weighted by Gasteiger charge is 2.22. The second-order valence-corrected chi connectivity index (χ2v) is 2.71. The van der Waals surface area contributed by atoms with Crippen molar-refractivity contribution in [3.8, 4) is 0 Å². The number of carboxylic acid groups (broad SMARTS) is 2. The summed E-state index contributed by atoms with van der Waals surface area (Å²) in [6.07, 6.45) is 3.83. The van der Waals surface area contributed by atoms with Gasteiger partial charge in [0, 0.05) is 5.57 Å². The first-order valence-corrected chi connectivity index (χ1v) is 3.82. The molecule has 0 aliphatic heterocycles. The molecular formula is C10H8O4. The molecule has 1 rings (SSSR count). The number of rotatable bonds is 2. The lowest BCUT2D eigenvalue weighted by Crippen LogP contribution is -2.16. The van der Waals surface area contributed by atoms with Crippen LogP contribution >= 0.6 is 0 Å². The van der Waals surface area contributed by atoms with Crippen LogP contribution in [-0.4, -0.2) is 22.2 Å². The lowest BCUT2D eigenvalue weighted by molar-refractivity contribution is -0.139. The van der Waals surface area contributed by atoms with Crippen LogP contribution in [-0.2, 0) is 9.59 Å². The monoisotopic (exact) mass is 192 g/mol. The molecule has 1 aliphatic rings. The van der Waals surface area contributed by atoms with Crippen LogP contribution in [0.2, 0.25) is 0 Å². The molecule has 1 aliphatic carbocycles. The number of allylic oxidation sites excluding steroid dienone is 1. The third kappa shape index (κ3) is 1.81. The Bertz CT molecular complexity index is 394. The van der Waals surface area contributed by atoms with E-state index in [1.165, 1.54) is 18.2 Å². The van der Waals surface area contributed by atoms with Crippen LogP contribution in [0.4, 0.5) is 0 Å². The minimum atomic E-state index is -1.10. The molecule has 0 aromatic heterocycles. The summed E-state index contributed by atoms with van der Waals surface area (Å²) in [5, 5.41) is 17.4. The van der Waals surface area contributed by atoms with Gasteiger partial charge in [-0.15, -0.1) is 5.73 Å². The van der Waals surface area contributed by atoms with Gasteiger partial charge in [-0.25, -0.2) is 4.79 Å². The minimum absolute atomic E-state index is 0.0358. The quantitative estimate of drug-likeness (QED) is 0.639. The van der Waals surface area contributed by atoms with Crippen LogP contribution in [0.3, 0.4) is 0 Å². The van der Waals surface area contributed by atoms with Gasteiger partial charge in [0.1, 0.15) is 5.92 Å². The second kappa shape index (κ2) is 3.77. The molecule has 0 bridgehead atoms. The van der Waals surface area contributed by atoms with Gasteiger partial charge in [-0.2, -0.15) is 0 Å². The highest BCUT2D eigenvalue weighted by atomic mass is 16.4. The average Bonchev–Trinajstić information content (AvgIpc) is 2.16. The fraction of sp³-hybridized carbons (Fsp3) is 0.100. The van der Waals surface area contributed by atoms with Crippen molar-refractivity contribution in [1.29, 1.82) is 0 Å². The molecule has 0 saturated heterocycles. The summed E-state index contributed by atoms with van der Waals surface area (Å²) in [6.45, 7) is 3.31. The van der Waals surface area contributed by atoms with E-state index in [2.05, 4.69) is 12.3 Å². The zero-order valence-corrected chi connectivity index (χ0v) is 7.23. The van der Waals surface area contributed by atoms with E-state index in [1.807, 2.05) is 0 Å². The second-order valence-electron chi connectivity index (χ2n) is 2.71. The van der Waals surface area contributed by atoms with Crippen molar-refractivity contribution in [1.82, 2.24) is 0 Å². The molecule has 4 nitrogen and oxygen atoms in total. The Morgan fingerprint density at radius 1 is 1.43 bits per heavy atom. The molecule has 0 amide bonds. The third-order valence-electron chi connectivity index (χ3n) is 1.83. The summed E-state index contributed by atoms with van der Waals surface area (Å²) in [5.41, 5.74) is 2.71. The molecule has 72 valence electrons. The fourth-order valence-electron chi connectivity index (χ4n) is 1.12. The van der Waals surface area contributed by atoms with Crippen molar-refractivity contribution < 1.29 is 19.8 Å². The number of hydrogen-bond acceptors (Lipinski definition) is 2. The maximum atomic E-state index is 10.7. The van der Waals surface area contributed by atoms with E-state index >= 15 is 0 Å². The summed E-state index contributed by atoms with van der Waals surface area (Å²) < 4.78 is 0. The van der Waals surface area contributed by atoms with E-state index in [9.17, 15) is 9.59 Å². The third-order valence-corrected chi connectivity index (χ3v) is 1.83. The largest absolute Gasteiger partial charge is 0.481 e. The normalized spacial score (nSPS) is 19.9. The van der Waals surface area contributed by atoms with Gasteiger partial charge in [-0.3, -0.25) is 4.79 Å². The number of carbonyl (C=O) groups is 2. The van der Waals surface area contributed by atoms with Gasteiger partial charge >= 0.3 is 11.9 Å². The van der Waals surface area contributed by atoms with Crippen LogP contribution < -0.4 is 0 Å². The first-order chi connectivity index (χ1) is 6.56. The van der Waals surface area contributed by atoms with Gasteiger partial charge in [-0.05, 0) is 6.08 Å². The van der Waals surface area contributed by atoms with Crippen molar-refractivity contribution >= 4 is 11.9 Å². The molecule has 14 heavy (non-hydrogen) atoms. The smallest absolute Gasteiger partial charge is 0.335 e. The number of aliphatic carboxylic acids is 2. The van der Waals surface area contributed by atoms with Gasteiger partial charge in [-0.1, -0.05) is 18.7 Å². The van der Waals surface area contributed by atoms with Crippen molar-refractivity contribution in [3.63, 3.8) is 0 Å². The van der Waals surface area contributed by atoms with Crippen LogP contribution in [0.25, 0.3) is 0 Å². The Hall–Kier alpha value is -2.06.